The van der Waals surface area contributed by atoms with Crippen LogP contribution in [-0.4, -0.2) is 247 Å². The molecule has 15 amide bonds. The van der Waals surface area contributed by atoms with Crippen LogP contribution in [0, 0.1) is 41.4 Å². The lowest BCUT2D eigenvalue weighted by Gasteiger charge is -2.31. The first kappa shape index (κ1) is 97.9. The molecule has 0 aliphatic heterocycles. The lowest BCUT2D eigenvalue weighted by molar-refractivity contribution is -0.138. The van der Waals surface area contributed by atoms with E-state index in [9.17, 15) is 86.9 Å². The Balaban J connectivity index is 6.65. The minimum atomic E-state index is -1.69. The van der Waals surface area contributed by atoms with E-state index in [4.69, 9.17) is 33.8 Å². The van der Waals surface area contributed by atoms with Crippen molar-refractivity contribution in [2.24, 2.45) is 80.1 Å². The summed E-state index contributed by atoms with van der Waals surface area (Å²) < 4.78 is 0. The average molecular weight is 1540 g/mol. The number of nitrogens with zero attached hydrogens (tertiary/aromatic N) is 2. The zero-order valence-electron chi connectivity index (χ0n) is 64.6. The van der Waals surface area contributed by atoms with Gasteiger partial charge in [0.25, 0.3) is 0 Å². The molecule has 0 aromatic rings. The summed E-state index contributed by atoms with van der Waals surface area (Å²) in [6.45, 7) is 18.2. The maximum Gasteiger partial charge on any atom is 0.322 e. The Kier molecular flexibility index (Phi) is 46.5. The number of carbonyl (C=O) groups is 16. The summed E-state index contributed by atoms with van der Waals surface area (Å²) in [5, 5.41) is 66.4. The number of amides is 15. The Morgan fingerprint density at radius 1 is 0.333 bits per heavy atom. The highest BCUT2D eigenvalue weighted by Crippen LogP contribution is 2.17. The Labute approximate surface area is 630 Å². The maximum atomic E-state index is 14.5. The van der Waals surface area contributed by atoms with Crippen LogP contribution in [0.2, 0.25) is 0 Å². The minimum Gasteiger partial charge on any atom is -0.480 e. The van der Waals surface area contributed by atoms with Gasteiger partial charge < -0.3 is 124 Å². The summed E-state index contributed by atoms with van der Waals surface area (Å²) in [7, 11) is 0. The van der Waals surface area contributed by atoms with Crippen LogP contribution >= 0.6 is 0 Å². The van der Waals surface area contributed by atoms with Crippen LogP contribution in [-0.2, 0) is 76.7 Å². The normalized spacial score (nSPS) is 15.0. The summed E-state index contributed by atoms with van der Waals surface area (Å²) >= 11 is 0. The summed E-state index contributed by atoms with van der Waals surface area (Å²) in [6.07, 6.45) is 0.985. The third-order valence-corrected chi connectivity index (χ3v) is 17.2. The molecule has 0 aliphatic carbocycles. The molecule has 0 aromatic heterocycles. The highest BCUT2D eigenvalue weighted by Gasteiger charge is 2.39. The number of aliphatic hydroxyl groups is 2. The van der Waals surface area contributed by atoms with Crippen molar-refractivity contribution < 1.29 is 92.0 Å². The molecule has 0 saturated heterocycles. The predicted octanol–water partition coefficient (Wildman–Crippen LogP) is -7.93. The van der Waals surface area contributed by atoms with Gasteiger partial charge in [-0.05, 0) is 73.5 Å². The van der Waals surface area contributed by atoms with Crippen molar-refractivity contribution >= 4 is 106 Å². The van der Waals surface area contributed by atoms with Crippen molar-refractivity contribution in [2.45, 2.75) is 215 Å². The van der Waals surface area contributed by atoms with E-state index in [0.717, 1.165) is 0 Å². The number of carbonyl (C=O) groups excluding carboxylic acids is 15. The zero-order chi connectivity index (χ0) is 82.8. The fourth-order valence-electron chi connectivity index (χ4n) is 10.2. The number of carboxylic acids is 1. The molecule has 14 atom stereocenters. The van der Waals surface area contributed by atoms with Crippen LogP contribution in [0.4, 0.5) is 0 Å². The molecule has 0 aromatic carbocycles. The topological polar surface area (TPSA) is 669 Å². The molecular weight excluding hydrogens is 1420 g/mol. The Bertz CT molecular complexity index is 3070. The molecule has 0 radical (unpaired) electrons. The number of hydrogen-bond acceptors (Lipinski definition) is 21. The molecule has 0 heterocycles. The average Bonchev–Trinajstić information content (AvgIpc) is 0.845. The quantitative estimate of drug-likeness (QED) is 0.0153. The van der Waals surface area contributed by atoms with E-state index in [0.29, 0.717) is 19.3 Å². The van der Waals surface area contributed by atoms with Crippen LogP contribution in [0.25, 0.3) is 0 Å². The molecule has 0 aliphatic rings. The van der Waals surface area contributed by atoms with Crippen molar-refractivity contribution in [3.8, 4) is 0 Å². The number of hydrogen-bond donors (Lipinski definition) is 23. The molecule has 0 bridgehead atoms. The molecule has 41 heteroatoms. The second-order valence-electron chi connectivity index (χ2n) is 27.7. The standard InChI is InChI=1S/C67H122N22O19/c1-15-36(12)52(63(106)82-41(24-32(4)5)58(101)83-42(30-90)56(99)76-27-46(94)79-39(20-18-22-73-66(69)70)55(98)78-29-48(96)97)89-65(108)53(37(13)16-2)87-57(100)40(21-19-23-74-67(71)72)80-47(95)28-77-60(103)49(33(6)7)85-64(107)54(38(14)17-3)88-62(105)51(35(10)11)86-61(104)50(34(8)9)84-59(102)43(31-91)81-45(93)26-75-44(92)25-68/h32-43,49-54,90-91H,15-31,68H2,1-14H3,(H,75,92)(H,76,99)(H,77,103)(H,78,98)(H,79,94)(H,80,95)(H,81,93)(H,82,106)(H,83,101)(H,84,102)(H,85,107)(H,86,104)(H,87,100)(H,88,105)(H,89,108)(H,96,97)(H4,69,70,73)(H4,71,72,74). The van der Waals surface area contributed by atoms with Gasteiger partial charge >= 0.3 is 5.97 Å². The van der Waals surface area contributed by atoms with E-state index in [1.165, 1.54) is 0 Å². The van der Waals surface area contributed by atoms with Gasteiger partial charge in [0, 0.05) is 13.1 Å². The van der Waals surface area contributed by atoms with Gasteiger partial charge in [0.15, 0.2) is 11.9 Å². The molecule has 0 saturated carbocycles. The van der Waals surface area contributed by atoms with Gasteiger partial charge in [-0.15, -0.1) is 0 Å². The number of nitrogens with two attached hydrogens (primary N) is 5. The van der Waals surface area contributed by atoms with E-state index in [1.54, 1.807) is 96.9 Å². The molecular formula is C67H122N22O19. The number of aliphatic hydroxyl groups excluding tert-OH is 2. The second kappa shape index (κ2) is 51.3. The van der Waals surface area contributed by atoms with Crippen molar-refractivity contribution in [3.63, 3.8) is 0 Å². The molecule has 28 N–H and O–H groups in total. The van der Waals surface area contributed by atoms with Gasteiger partial charge in [-0.2, -0.15) is 0 Å². The molecule has 0 spiro atoms. The van der Waals surface area contributed by atoms with Crippen molar-refractivity contribution in [1.29, 1.82) is 0 Å². The lowest BCUT2D eigenvalue weighted by atomic mass is 9.94. The first-order valence-electron chi connectivity index (χ1n) is 36.2. The SMILES string of the molecule is CCC(C)C(NC(=O)C(CCCN=C(N)N)NC(=O)CNC(=O)C(NC(=O)C(NC(=O)C(NC(=O)C(NC(=O)C(CO)NC(=O)CNC(=O)CN)C(C)C)C(C)C)C(C)CC)C(C)C)C(=O)NC(C(=O)NC(CC(C)C)C(=O)NC(CO)C(=O)NCC(=O)NC(CCCN=C(N)N)C(=O)NCC(=O)O)C(C)CC. The van der Waals surface area contributed by atoms with Crippen LogP contribution in [0.3, 0.4) is 0 Å². The maximum absolute atomic E-state index is 14.5. The Morgan fingerprint density at radius 3 is 0.991 bits per heavy atom. The summed E-state index contributed by atoms with van der Waals surface area (Å²) in [5.41, 5.74) is 27.0. The summed E-state index contributed by atoms with van der Waals surface area (Å²) in [5.74, 6) is -18.8. The Morgan fingerprint density at radius 2 is 0.620 bits per heavy atom. The van der Waals surface area contributed by atoms with Crippen molar-refractivity contribution in [3.05, 3.63) is 0 Å². The number of rotatable bonds is 52. The van der Waals surface area contributed by atoms with Gasteiger partial charge in [0.05, 0.1) is 39.4 Å². The third-order valence-electron chi connectivity index (χ3n) is 17.2. The molecule has 0 rings (SSSR count). The zero-order valence-corrected chi connectivity index (χ0v) is 64.6. The highest BCUT2D eigenvalue weighted by molar-refractivity contribution is 6.00. The minimum absolute atomic E-state index is 0.00767. The van der Waals surface area contributed by atoms with E-state index < -0.39 is 242 Å². The van der Waals surface area contributed by atoms with E-state index in [2.05, 4.69) is 89.7 Å². The van der Waals surface area contributed by atoms with E-state index in [1.807, 2.05) is 0 Å². The summed E-state index contributed by atoms with van der Waals surface area (Å²) in [4.78, 5) is 222. The number of aliphatic carboxylic acids is 1. The van der Waals surface area contributed by atoms with Gasteiger partial charge in [0.1, 0.15) is 73.0 Å². The molecule has 614 valence electrons. The van der Waals surface area contributed by atoms with Crippen LogP contribution in [0.5, 0.6) is 0 Å². The van der Waals surface area contributed by atoms with Crippen LogP contribution < -0.4 is 108 Å². The molecule has 14 unspecified atom stereocenters. The first-order valence-corrected chi connectivity index (χ1v) is 36.2. The van der Waals surface area contributed by atoms with Crippen molar-refractivity contribution in [2.75, 3.05) is 59.0 Å². The van der Waals surface area contributed by atoms with E-state index >= 15 is 0 Å². The fraction of sp³-hybridized carbons (Fsp3) is 0.731. The summed E-state index contributed by atoms with van der Waals surface area (Å²) in [6, 6.07) is -15.3. The first-order chi connectivity index (χ1) is 50.5. The van der Waals surface area contributed by atoms with Crippen molar-refractivity contribution in [1.82, 2.24) is 79.8 Å². The smallest absolute Gasteiger partial charge is 0.322 e. The van der Waals surface area contributed by atoms with Gasteiger partial charge in [-0.3, -0.25) is 86.7 Å². The van der Waals surface area contributed by atoms with E-state index in [-0.39, 0.29) is 63.0 Å². The monoisotopic (exact) mass is 1540 g/mol. The van der Waals surface area contributed by atoms with Crippen LogP contribution in [0.15, 0.2) is 9.98 Å². The highest BCUT2D eigenvalue weighted by atomic mass is 16.4. The predicted molar refractivity (Wildman–Crippen MR) is 396 cm³/mol. The largest absolute Gasteiger partial charge is 0.480 e. The lowest BCUT2D eigenvalue weighted by Crippen LogP contribution is -2.62. The number of nitrogens with one attached hydrogen (secondary N) is 15. The molecule has 108 heavy (non-hydrogen) atoms. The Hall–Kier alpha value is -10.1. The van der Waals surface area contributed by atoms with Crippen LogP contribution in [0.1, 0.15) is 148 Å². The number of aliphatic imine (C=N–C) groups is 2. The van der Waals surface area contributed by atoms with Gasteiger partial charge in [-0.1, -0.05) is 116 Å². The van der Waals surface area contributed by atoms with Gasteiger partial charge in [0.2, 0.25) is 88.6 Å². The second-order valence-corrected chi connectivity index (χ2v) is 27.7. The molecule has 41 nitrogen and oxygen atoms in total. The third kappa shape index (κ3) is 37.5. The number of carboxylic acid groups (broad SMARTS) is 1. The molecule has 0 fully saturated rings. The fourth-order valence-corrected chi connectivity index (χ4v) is 10.2. The van der Waals surface area contributed by atoms with Gasteiger partial charge in [-0.25, -0.2) is 0 Å². The number of guanidine groups is 2.